The van der Waals surface area contributed by atoms with E-state index in [0.29, 0.717) is 22.0 Å². The van der Waals surface area contributed by atoms with E-state index in [9.17, 15) is 4.79 Å². The van der Waals surface area contributed by atoms with E-state index in [2.05, 4.69) is 0 Å². The number of hydrogen-bond acceptors (Lipinski definition) is 3. The van der Waals surface area contributed by atoms with Crippen LogP contribution in [0.2, 0.25) is 5.02 Å². The maximum absolute atomic E-state index is 12.4. The topological polar surface area (TPSA) is 55.6 Å². The summed E-state index contributed by atoms with van der Waals surface area (Å²) >= 11 is 5.86. The van der Waals surface area contributed by atoms with Gasteiger partial charge in [-0.2, -0.15) is 0 Å². The fourth-order valence-corrected chi connectivity index (χ4v) is 1.92. The number of carbonyl (C=O) groups is 1. The van der Waals surface area contributed by atoms with Gasteiger partial charge in [0.1, 0.15) is 5.75 Å². The number of rotatable bonds is 3. The van der Waals surface area contributed by atoms with Crippen LogP contribution in [0.4, 0.5) is 11.4 Å². The van der Waals surface area contributed by atoms with Crippen molar-refractivity contribution < 1.29 is 9.53 Å². The number of nitrogens with two attached hydrogens (primary N) is 1. The van der Waals surface area contributed by atoms with Gasteiger partial charge in [0.05, 0.1) is 17.8 Å². The number of nitrogen functional groups attached to an aromatic ring is 1. The molecule has 2 rings (SSSR count). The fraction of sp³-hybridized carbons (Fsp3) is 0.133. The third kappa shape index (κ3) is 2.86. The maximum atomic E-state index is 12.4. The zero-order valence-electron chi connectivity index (χ0n) is 11.3. The van der Waals surface area contributed by atoms with E-state index in [1.165, 1.54) is 4.90 Å². The van der Waals surface area contributed by atoms with Crippen LogP contribution in [0.3, 0.4) is 0 Å². The van der Waals surface area contributed by atoms with Crippen molar-refractivity contribution in [2.45, 2.75) is 0 Å². The molecule has 0 saturated carbocycles. The van der Waals surface area contributed by atoms with E-state index >= 15 is 0 Å². The molecule has 4 nitrogen and oxygen atoms in total. The zero-order chi connectivity index (χ0) is 14.7. The van der Waals surface area contributed by atoms with Crippen LogP contribution >= 0.6 is 11.6 Å². The first-order chi connectivity index (χ1) is 9.52. The van der Waals surface area contributed by atoms with E-state index in [4.69, 9.17) is 22.1 Å². The third-order valence-corrected chi connectivity index (χ3v) is 3.33. The maximum Gasteiger partial charge on any atom is 0.258 e. The SMILES string of the molecule is COc1cccc(N(C)C(=O)c2ccc(Cl)c(N)c2)c1. The fourth-order valence-electron chi connectivity index (χ4n) is 1.81. The van der Waals surface area contributed by atoms with Crippen LogP contribution in [0.25, 0.3) is 0 Å². The summed E-state index contributed by atoms with van der Waals surface area (Å²) in [6.07, 6.45) is 0. The van der Waals surface area contributed by atoms with Crippen LogP contribution in [0.15, 0.2) is 42.5 Å². The zero-order valence-corrected chi connectivity index (χ0v) is 12.0. The van der Waals surface area contributed by atoms with E-state index in [0.717, 1.165) is 5.69 Å². The van der Waals surface area contributed by atoms with Gasteiger partial charge in [-0.1, -0.05) is 17.7 Å². The van der Waals surface area contributed by atoms with Gasteiger partial charge in [0.15, 0.2) is 0 Å². The Morgan fingerprint density at radius 1 is 1.25 bits per heavy atom. The molecule has 0 bridgehead atoms. The summed E-state index contributed by atoms with van der Waals surface area (Å²) in [5.41, 5.74) is 7.33. The number of carbonyl (C=O) groups excluding carboxylic acids is 1. The van der Waals surface area contributed by atoms with Crippen LogP contribution in [-0.4, -0.2) is 20.1 Å². The van der Waals surface area contributed by atoms with Gasteiger partial charge in [-0.05, 0) is 30.3 Å². The van der Waals surface area contributed by atoms with Crippen molar-refractivity contribution >= 4 is 28.9 Å². The smallest absolute Gasteiger partial charge is 0.258 e. The molecular formula is C15H15ClN2O2. The monoisotopic (exact) mass is 290 g/mol. The van der Waals surface area contributed by atoms with Crippen molar-refractivity contribution in [1.82, 2.24) is 0 Å². The lowest BCUT2D eigenvalue weighted by atomic mass is 10.1. The Kier molecular flexibility index (Phi) is 4.15. The molecule has 0 aliphatic rings. The molecule has 0 fully saturated rings. The standard InChI is InChI=1S/C15H15ClN2O2/c1-18(11-4-3-5-12(9-11)20-2)15(19)10-6-7-13(16)14(17)8-10/h3-9H,17H2,1-2H3. The van der Waals surface area contributed by atoms with Gasteiger partial charge >= 0.3 is 0 Å². The van der Waals surface area contributed by atoms with E-state index in [1.807, 2.05) is 18.2 Å². The molecule has 0 aliphatic carbocycles. The highest BCUT2D eigenvalue weighted by Gasteiger charge is 2.14. The molecular weight excluding hydrogens is 276 g/mol. The molecule has 0 aromatic heterocycles. The minimum atomic E-state index is -0.165. The molecule has 0 unspecified atom stereocenters. The molecule has 0 spiro atoms. The Labute approximate surface area is 122 Å². The lowest BCUT2D eigenvalue weighted by molar-refractivity contribution is 0.0993. The molecule has 0 atom stereocenters. The van der Waals surface area contributed by atoms with Crippen molar-refractivity contribution in [3.8, 4) is 5.75 Å². The van der Waals surface area contributed by atoms with Gasteiger partial charge in [-0.25, -0.2) is 0 Å². The Morgan fingerprint density at radius 3 is 2.65 bits per heavy atom. The number of methoxy groups -OCH3 is 1. The van der Waals surface area contributed by atoms with E-state index < -0.39 is 0 Å². The number of ether oxygens (including phenoxy) is 1. The van der Waals surface area contributed by atoms with Gasteiger partial charge < -0.3 is 15.4 Å². The molecule has 2 aromatic carbocycles. The lowest BCUT2D eigenvalue weighted by Crippen LogP contribution is -2.26. The van der Waals surface area contributed by atoms with Crippen molar-refractivity contribution in [2.24, 2.45) is 0 Å². The number of amides is 1. The largest absolute Gasteiger partial charge is 0.497 e. The molecule has 0 radical (unpaired) electrons. The lowest BCUT2D eigenvalue weighted by Gasteiger charge is -2.18. The second kappa shape index (κ2) is 5.84. The summed E-state index contributed by atoms with van der Waals surface area (Å²) in [5, 5.41) is 0.436. The molecule has 2 aromatic rings. The molecule has 20 heavy (non-hydrogen) atoms. The Morgan fingerprint density at radius 2 is 2.00 bits per heavy atom. The predicted molar refractivity (Wildman–Crippen MR) is 81.6 cm³/mol. The van der Waals surface area contributed by atoms with Crippen molar-refractivity contribution in [2.75, 3.05) is 24.8 Å². The second-order valence-corrected chi connectivity index (χ2v) is 4.71. The number of nitrogens with zero attached hydrogens (tertiary/aromatic N) is 1. The van der Waals surface area contributed by atoms with Crippen molar-refractivity contribution in [1.29, 1.82) is 0 Å². The normalized spacial score (nSPS) is 10.2. The van der Waals surface area contributed by atoms with Crippen molar-refractivity contribution in [3.05, 3.63) is 53.1 Å². The first-order valence-corrected chi connectivity index (χ1v) is 6.38. The molecule has 0 heterocycles. The molecule has 0 aliphatic heterocycles. The molecule has 104 valence electrons. The van der Waals surface area contributed by atoms with Crippen LogP contribution < -0.4 is 15.4 Å². The summed E-state index contributed by atoms with van der Waals surface area (Å²) in [7, 11) is 3.28. The number of anilines is 2. The molecule has 5 heteroatoms. The number of halogens is 1. The summed E-state index contributed by atoms with van der Waals surface area (Å²) in [5.74, 6) is 0.527. The van der Waals surface area contributed by atoms with E-state index in [-0.39, 0.29) is 5.91 Å². The average Bonchev–Trinajstić information content (AvgIpc) is 2.48. The molecule has 2 N–H and O–H groups in total. The Bertz CT molecular complexity index is 644. The first-order valence-electron chi connectivity index (χ1n) is 6.00. The summed E-state index contributed by atoms with van der Waals surface area (Å²) in [4.78, 5) is 13.9. The van der Waals surface area contributed by atoms with E-state index in [1.54, 1.807) is 38.4 Å². The summed E-state index contributed by atoms with van der Waals surface area (Å²) in [6.45, 7) is 0. The Hall–Kier alpha value is -2.20. The first kappa shape index (κ1) is 14.2. The predicted octanol–water partition coefficient (Wildman–Crippen LogP) is 3.21. The summed E-state index contributed by atoms with van der Waals surface area (Å²) in [6, 6.07) is 12.1. The van der Waals surface area contributed by atoms with Crippen molar-refractivity contribution in [3.63, 3.8) is 0 Å². The highest BCUT2D eigenvalue weighted by atomic mass is 35.5. The third-order valence-electron chi connectivity index (χ3n) is 2.99. The van der Waals surface area contributed by atoms with Crippen LogP contribution in [0.1, 0.15) is 10.4 Å². The number of hydrogen-bond donors (Lipinski definition) is 1. The van der Waals surface area contributed by atoms with Crippen LogP contribution in [-0.2, 0) is 0 Å². The highest BCUT2D eigenvalue weighted by Crippen LogP contribution is 2.24. The van der Waals surface area contributed by atoms with Gasteiger partial charge in [0.2, 0.25) is 0 Å². The Balaban J connectivity index is 2.29. The van der Waals surface area contributed by atoms with Gasteiger partial charge in [0.25, 0.3) is 5.91 Å². The van der Waals surface area contributed by atoms with Crippen LogP contribution in [0, 0.1) is 0 Å². The van der Waals surface area contributed by atoms with Crippen LogP contribution in [0.5, 0.6) is 5.75 Å². The van der Waals surface area contributed by atoms with Gasteiger partial charge in [-0.15, -0.1) is 0 Å². The minimum absolute atomic E-state index is 0.165. The number of benzene rings is 2. The van der Waals surface area contributed by atoms with Gasteiger partial charge in [0, 0.05) is 24.4 Å². The van der Waals surface area contributed by atoms with Gasteiger partial charge in [-0.3, -0.25) is 4.79 Å². The summed E-state index contributed by atoms with van der Waals surface area (Å²) < 4.78 is 5.15. The quantitative estimate of drug-likeness (QED) is 0.883. The molecule has 1 amide bonds. The highest BCUT2D eigenvalue weighted by molar-refractivity contribution is 6.33. The second-order valence-electron chi connectivity index (χ2n) is 4.30. The minimum Gasteiger partial charge on any atom is -0.497 e. The average molecular weight is 291 g/mol. The molecule has 0 saturated heterocycles.